The molecule has 1 aliphatic heterocycles. The van der Waals surface area contributed by atoms with Gasteiger partial charge in [-0.2, -0.15) is 0 Å². The number of carbonyl (C=O) groups is 2. The molecule has 0 radical (unpaired) electrons. The Morgan fingerprint density at radius 3 is 2.43 bits per heavy atom. The predicted molar refractivity (Wildman–Crippen MR) is 89.3 cm³/mol. The van der Waals surface area contributed by atoms with Gasteiger partial charge in [0.2, 0.25) is 0 Å². The van der Waals surface area contributed by atoms with Crippen LogP contribution < -0.4 is 5.32 Å². The SMILES string of the molecule is O=C1N[C@@H](Cc2ccccc2)C(=O)N1CCc1ccccc1Cl. The number of halogens is 1. The first-order chi connectivity index (χ1) is 11.1. The Balaban J connectivity index is 1.64. The summed E-state index contributed by atoms with van der Waals surface area (Å²) >= 11 is 6.11. The lowest BCUT2D eigenvalue weighted by Gasteiger charge is -2.13. The first-order valence-electron chi connectivity index (χ1n) is 7.54. The molecule has 1 saturated heterocycles. The molecule has 23 heavy (non-hydrogen) atoms. The van der Waals surface area contributed by atoms with Gasteiger partial charge in [0.1, 0.15) is 6.04 Å². The number of urea groups is 1. The van der Waals surface area contributed by atoms with Crippen molar-refractivity contribution in [1.82, 2.24) is 10.2 Å². The van der Waals surface area contributed by atoms with Gasteiger partial charge in [-0.25, -0.2) is 4.79 Å². The number of nitrogens with zero attached hydrogens (tertiary/aromatic N) is 1. The number of imide groups is 1. The average molecular weight is 329 g/mol. The molecule has 1 N–H and O–H groups in total. The van der Waals surface area contributed by atoms with Crippen LogP contribution in [-0.2, 0) is 17.6 Å². The summed E-state index contributed by atoms with van der Waals surface area (Å²) in [7, 11) is 0. The highest BCUT2D eigenvalue weighted by atomic mass is 35.5. The lowest BCUT2D eigenvalue weighted by molar-refractivity contribution is -0.127. The summed E-state index contributed by atoms with van der Waals surface area (Å²) in [5.41, 5.74) is 1.96. The fourth-order valence-corrected chi connectivity index (χ4v) is 2.94. The van der Waals surface area contributed by atoms with E-state index in [-0.39, 0.29) is 11.9 Å². The molecule has 1 fully saturated rings. The molecule has 3 amide bonds. The molecule has 4 nitrogen and oxygen atoms in total. The minimum absolute atomic E-state index is 0.175. The zero-order chi connectivity index (χ0) is 16.2. The van der Waals surface area contributed by atoms with Gasteiger partial charge >= 0.3 is 6.03 Å². The van der Waals surface area contributed by atoms with Crippen molar-refractivity contribution in [2.45, 2.75) is 18.9 Å². The van der Waals surface area contributed by atoms with Crippen molar-refractivity contribution < 1.29 is 9.59 Å². The van der Waals surface area contributed by atoms with Gasteiger partial charge in [0.05, 0.1) is 0 Å². The third kappa shape index (κ3) is 3.54. The van der Waals surface area contributed by atoms with Crippen LogP contribution in [0.5, 0.6) is 0 Å². The maximum Gasteiger partial charge on any atom is 0.324 e. The standard InChI is InChI=1S/C18H17ClN2O2/c19-15-9-5-4-8-14(15)10-11-21-17(22)16(20-18(21)23)12-13-6-2-1-3-7-13/h1-9,16H,10-12H2,(H,20,23)/t16-/m0/s1. The van der Waals surface area contributed by atoms with Gasteiger partial charge in [-0.05, 0) is 23.6 Å². The van der Waals surface area contributed by atoms with E-state index in [0.29, 0.717) is 24.4 Å². The fraction of sp³-hybridized carbons (Fsp3) is 0.222. The topological polar surface area (TPSA) is 49.4 Å². The van der Waals surface area contributed by atoms with Crippen molar-refractivity contribution in [3.8, 4) is 0 Å². The van der Waals surface area contributed by atoms with E-state index < -0.39 is 6.04 Å². The minimum atomic E-state index is -0.490. The molecular weight excluding hydrogens is 312 g/mol. The molecular formula is C18H17ClN2O2. The van der Waals surface area contributed by atoms with Crippen molar-refractivity contribution in [1.29, 1.82) is 0 Å². The number of benzene rings is 2. The highest BCUT2D eigenvalue weighted by Gasteiger charge is 2.37. The van der Waals surface area contributed by atoms with E-state index >= 15 is 0 Å². The molecule has 2 aromatic rings. The molecule has 0 bridgehead atoms. The van der Waals surface area contributed by atoms with Gasteiger partial charge in [0, 0.05) is 18.0 Å². The van der Waals surface area contributed by atoms with Crippen LogP contribution in [0.3, 0.4) is 0 Å². The summed E-state index contributed by atoms with van der Waals surface area (Å²) in [6.07, 6.45) is 1.06. The van der Waals surface area contributed by atoms with E-state index in [1.165, 1.54) is 4.90 Å². The van der Waals surface area contributed by atoms with Crippen LogP contribution in [0.1, 0.15) is 11.1 Å². The maximum absolute atomic E-state index is 12.4. The summed E-state index contributed by atoms with van der Waals surface area (Å²) in [4.78, 5) is 25.8. The third-order valence-electron chi connectivity index (χ3n) is 3.95. The number of rotatable bonds is 5. The largest absolute Gasteiger partial charge is 0.325 e. The van der Waals surface area contributed by atoms with Gasteiger partial charge in [0.25, 0.3) is 5.91 Å². The van der Waals surface area contributed by atoms with E-state index in [2.05, 4.69) is 5.32 Å². The van der Waals surface area contributed by atoms with E-state index in [9.17, 15) is 9.59 Å². The zero-order valence-electron chi connectivity index (χ0n) is 12.5. The molecule has 2 aromatic carbocycles. The first-order valence-corrected chi connectivity index (χ1v) is 7.92. The Hall–Kier alpha value is -2.33. The highest BCUT2D eigenvalue weighted by molar-refractivity contribution is 6.31. The molecule has 1 atom stereocenters. The molecule has 0 saturated carbocycles. The Morgan fingerprint density at radius 2 is 1.70 bits per heavy atom. The highest BCUT2D eigenvalue weighted by Crippen LogP contribution is 2.17. The minimum Gasteiger partial charge on any atom is -0.325 e. The lowest BCUT2D eigenvalue weighted by atomic mass is 10.1. The van der Waals surface area contributed by atoms with E-state index in [0.717, 1.165) is 11.1 Å². The average Bonchev–Trinajstić information content (AvgIpc) is 2.82. The Labute approximate surface area is 140 Å². The second-order valence-corrected chi connectivity index (χ2v) is 5.93. The van der Waals surface area contributed by atoms with Crippen LogP contribution in [-0.4, -0.2) is 29.4 Å². The van der Waals surface area contributed by atoms with Crippen LogP contribution in [0.4, 0.5) is 4.79 Å². The molecule has 118 valence electrons. The predicted octanol–water partition coefficient (Wildman–Crippen LogP) is 3.05. The summed E-state index contributed by atoms with van der Waals surface area (Å²) < 4.78 is 0. The first kappa shape index (κ1) is 15.6. The molecule has 0 spiro atoms. The molecule has 3 rings (SSSR count). The normalized spacial score (nSPS) is 17.4. The Bertz CT molecular complexity index is 718. The second kappa shape index (κ2) is 6.84. The molecule has 1 heterocycles. The smallest absolute Gasteiger partial charge is 0.324 e. The summed E-state index contributed by atoms with van der Waals surface area (Å²) in [6.45, 7) is 0.333. The van der Waals surface area contributed by atoms with Gasteiger partial charge in [0.15, 0.2) is 0 Å². The van der Waals surface area contributed by atoms with Gasteiger partial charge < -0.3 is 5.32 Å². The Kier molecular flexibility index (Phi) is 4.63. The van der Waals surface area contributed by atoms with E-state index in [1.807, 2.05) is 48.5 Å². The van der Waals surface area contributed by atoms with Crippen molar-refractivity contribution in [3.05, 3.63) is 70.7 Å². The number of hydrogen-bond donors (Lipinski definition) is 1. The van der Waals surface area contributed by atoms with Crippen LogP contribution >= 0.6 is 11.6 Å². The second-order valence-electron chi connectivity index (χ2n) is 5.52. The monoisotopic (exact) mass is 328 g/mol. The maximum atomic E-state index is 12.4. The number of hydrogen-bond acceptors (Lipinski definition) is 2. The number of carbonyl (C=O) groups excluding carboxylic acids is 2. The molecule has 1 aliphatic rings. The molecule has 0 aliphatic carbocycles. The van der Waals surface area contributed by atoms with Crippen molar-refractivity contribution in [3.63, 3.8) is 0 Å². The van der Waals surface area contributed by atoms with Gasteiger partial charge in [-0.1, -0.05) is 60.1 Å². The molecule has 0 aromatic heterocycles. The van der Waals surface area contributed by atoms with E-state index in [4.69, 9.17) is 11.6 Å². The fourth-order valence-electron chi connectivity index (χ4n) is 2.71. The van der Waals surface area contributed by atoms with Crippen molar-refractivity contribution in [2.24, 2.45) is 0 Å². The van der Waals surface area contributed by atoms with Crippen LogP contribution in [0.2, 0.25) is 5.02 Å². The summed E-state index contributed by atoms with van der Waals surface area (Å²) in [5.74, 6) is -0.175. The van der Waals surface area contributed by atoms with Gasteiger partial charge in [-0.15, -0.1) is 0 Å². The summed E-state index contributed by atoms with van der Waals surface area (Å²) in [5, 5.41) is 3.41. The molecule has 5 heteroatoms. The van der Waals surface area contributed by atoms with Crippen LogP contribution in [0.15, 0.2) is 54.6 Å². The summed E-state index contributed by atoms with van der Waals surface area (Å²) in [6, 6.07) is 16.3. The molecule has 0 unspecified atom stereocenters. The van der Waals surface area contributed by atoms with Crippen molar-refractivity contribution in [2.75, 3.05) is 6.54 Å². The van der Waals surface area contributed by atoms with Crippen LogP contribution in [0.25, 0.3) is 0 Å². The van der Waals surface area contributed by atoms with Crippen LogP contribution in [0, 0.1) is 0 Å². The van der Waals surface area contributed by atoms with Gasteiger partial charge in [-0.3, -0.25) is 9.69 Å². The zero-order valence-corrected chi connectivity index (χ0v) is 13.3. The lowest BCUT2D eigenvalue weighted by Crippen LogP contribution is -2.34. The number of nitrogens with one attached hydrogen (secondary N) is 1. The third-order valence-corrected chi connectivity index (χ3v) is 4.32. The Morgan fingerprint density at radius 1 is 1.00 bits per heavy atom. The van der Waals surface area contributed by atoms with E-state index in [1.54, 1.807) is 6.07 Å². The quantitative estimate of drug-likeness (QED) is 0.858. The number of amides is 3. The van der Waals surface area contributed by atoms with Crippen molar-refractivity contribution >= 4 is 23.5 Å².